The number of urea groups is 1. The zero-order valence-electron chi connectivity index (χ0n) is 18.1. The maximum absolute atomic E-state index is 13.4. The largest absolute Gasteiger partial charge is 0.380 e. The van der Waals surface area contributed by atoms with Gasteiger partial charge in [0.25, 0.3) is 0 Å². The Balaban J connectivity index is 1.36. The van der Waals surface area contributed by atoms with E-state index in [1.54, 1.807) is 17.0 Å². The summed E-state index contributed by atoms with van der Waals surface area (Å²) in [7, 11) is 0. The second-order valence-electron chi connectivity index (χ2n) is 9.02. The molecule has 1 saturated carbocycles. The maximum Gasteiger partial charge on any atom is 0.327 e. The van der Waals surface area contributed by atoms with Crippen molar-refractivity contribution in [3.05, 3.63) is 59.4 Å². The number of halogens is 1. The van der Waals surface area contributed by atoms with Gasteiger partial charge in [0.2, 0.25) is 5.91 Å². The van der Waals surface area contributed by atoms with Gasteiger partial charge in [-0.05, 0) is 65.6 Å². The molecule has 1 aliphatic carbocycles. The average Bonchev–Trinajstić information content (AvgIpc) is 3.39. The van der Waals surface area contributed by atoms with Crippen LogP contribution in [0.4, 0.5) is 9.18 Å². The zero-order valence-corrected chi connectivity index (χ0v) is 18.1. The molecule has 6 nitrogen and oxygen atoms in total. The van der Waals surface area contributed by atoms with Gasteiger partial charge in [-0.2, -0.15) is 0 Å². The molecule has 7 heteroatoms. The molecular formula is C25H28FN3O3. The summed E-state index contributed by atoms with van der Waals surface area (Å²) in [4.78, 5) is 28.3. The zero-order chi connectivity index (χ0) is 22.1. The monoisotopic (exact) mass is 437 g/mol. The van der Waals surface area contributed by atoms with E-state index in [1.807, 2.05) is 12.1 Å². The molecule has 1 atom stereocenters. The molecule has 0 spiro atoms. The SMILES string of the molecule is O=C1CN(Cc2ccc(-c3ccc(F)cc3)cc2CNC2CCOC2)C(=O)N1CC1CC1. The number of benzene rings is 2. The predicted octanol–water partition coefficient (Wildman–Crippen LogP) is 3.55. The average molecular weight is 438 g/mol. The number of rotatable bonds is 8. The van der Waals surface area contributed by atoms with Gasteiger partial charge in [-0.1, -0.05) is 24.3 Å². The first kappa shape index (κ1) is 21.1. The molecule has 0 aromatic heterocycles. The highest BCUT2D eigenvalue weighted by atomic mass is 19.1. The van der Waals surface area contributed by atoms with Crippen LogP contribution in [0.2, 0.25) is 0 Å². The number of ether oxygens (including phenoxy) is 1. The first-order valence-electron chi connectivity index (χ1n) is 11.3. The van der Waals surface area contributed by atoms with Gasteiger partial charge in [0.1, 0.15) is 12.4 Å². The Morgan fingerprint density at radius 3 is 2.50 bits per heavy atom. The second kappa shape index (κ2) is 9.00. The molecule has 2 heterocycles. The van der Waals surface area contributed by atoms with Crippen LogP contribution in [0.1, 0.15) is 30.4 Å². The van der Waals surface area contributed by atoms with Gasteiger partial charge >= 0.3 is 6.03 Å². The fraction of sp³-hybridized carbons (Fsp3) is 0.440. The van der Waals surface area contributed by atoms with Crippen LogP contribution in [0.5, 0.6) is 0 Å². The number of amides is 3. The van der Waals surface area contributed by atoms with Crippen LogP contribution in [0.15, 0.2) is 42.5 Å². The van der Waals surface area contributed by atoms with E-state index in [4.69, 9.17) is 4.74 Å². The van der Waals surface area contributed by atoms with E-state index in [0.717, 1.165) is 48.1 Å². The van der Waals surface area contributed by atoms with Crippen molar-refractivity contribution in [3.8, 4) is 11.1 Å². The van der Waals surface area contributed by atoms with Gasteiger partial charge in [-0.3, -0.25) is 9.69 Å². The summed E-state index contributed by atoms with van der Waals surface area (Å²) >= 11 is 0. The number of imide groups is 1. The van der Waals surface area contributed by atoms with Gasteiger partial charge in [0.05, 0.1) is 6.61 Å². The van der Waals surface area contributed by atoms with Crippen molar-refractivity contribution in [1.29, 1.82) is 0 Å². The number of carbonyl (C=O) groups excluding carboxylic acids is 2. The summed E-state index contributed by atoms with van der Waals surface area (Å²) in [6.45, 7) is 3.18. The summed E-state index contributed by atoms with van der Waals surface area (Å²) in [6, 6.07) is 12.7. The van der Waals surface area contributed by atoms with Gasteiger partial charge in [-0.25, -0.2) is 9.18 Å². The minimum absolute atomic E-state index is 0.104. The van der Waals surface area contributed by atoms with E-state index in [-0.39, 0.29) is 24.3 Å². The quantitative estimate of drug-likeness (QED) is 0.642. The molecule has 2 aromatic carbocycles. The first-order chi connectivity index (χ1) is 15.6. The molecule has 5 rings (SSSR count). The third-order valence-corrected chi connectivity index (χ3v) is 6.52. The van der Waals surface area contributed by atoms with Crippen LogP contribution >= 0.6 is 0 Å². The summed E-state index contributed by atoms with van der Waals surface area (Å²) in [5, 5.41) is 3.55. The molecule has 0 radical (unpaired) electrons. The lowest BCUT2D eigenvalue weighted by Crippen LogP contribution is -2.34. The lowest BCUT2D eigenvalue weighted by molar-refractivity contribution is -0.125. The Morgan fingerprint density at radius 2 is 1.78 bits per heavy atom. The Bertz CT molecular complexity index is 1000. The highest BCUT2D eigenvalue weighted by Gasteiger charge is 2.39. The van der Waals surface area contributed by atoms with Crippen LogP contribution in [0.3, 0.4) is 0 Å². The third kappa shape index (κ3) is 4.69. The predicted molar refractivity (Wildman–Crippen MR) is 118 cm³/mol. The number of nitrogens with zero attached hydrogens (tertiary/aromatic N) is 2. The number of nitrogens with one attached hydrogen (secondary N) is 1. The van der Waals surface area contributed by atoms with Gasteiger partial charge in [0.15, 0.2) is 0 Å². The molecule has 2 aliphatic heterocycles. The Hall–Kier alpha value is -2.77. The molecular weight excluding hydrogens is 409 g/mol. The molecule has 3 fully saturated rings. The van der Waals surface area contributed by atoms with E-state index < -0.39 is 0 Å². The van der Waals surface area contributed by atoms with E-state index in [0.29, 0.717) is 38.2 Å². The van der Waals surface area contributed by atoms with Crippen LogP contribution < -0.4 is 5.32 Å². The number of carbonyl (C=O) groups is 2. The Kier molecular flexibility index (Phi) is 5.93. The minimum Gasteiger partial charge on any atom is -0.380 e. The molecule has 2 aromatic rings. The van der Waals surface area contributed by atoms with E-state index in [2.05, 4.69) is 11.4 Å². The van der Waals surface area contributed by atoms with Crippen molar-refractivity contribution >= 4 is 11.9 Å². The molecule has 3 aliphatic rings. The van der Waals surface area contributed by atoms with E-state index >= 15 is 0 Å². The van der Waals surface area contributed by atoms with Crippen molar-refractivity contribution < 1.29 is 18.7 Å². The van der Waals surface area contributed by atoms with Gasteiger partial charge in [-0.15, -0.1) is 0 Å². The van der Waals surface area contributed by atoms with Crippen LogP contribution in [-0.2, 0) is 22.6 Å². The van der Waals surface area contributed by atoms with Crippen LogP contribution in [0.25, 0.3) is 11.1 Å². The van der Waals surface area contributed by atoms with E-state index in [9.17, 15) is 14.0 Å². The van der Waals surface area contributed by atoms with Crippen molar-refractivity contribution in [2.45, 2.75) is 38.4 Å². The van der Waals surface area contributed by atoms with Crippen molar-refractivity contribution in [2.75, 3.05) is 26.3 Å². The minimum atomic E-state index is -0.263. The van der Waals surface area contributed by atoms with Crippen molar-refractivity contribution in [2.24, 2.45) is 5.92 Å². The highest BCUT2D eigenvalue weighted by molar-refractivity contribution is 6.02. The normalized spacial score (nSPS) is 21.1. The first-order valence-corrected chi connectivity index (χ1v) is 11.3. The fourth-order valence-electron chi connectivity index (χ4n) is 4.38. The van der Waals surface area contributed by atoms with Crippen molar-refractivity contribution in [3.63, 3.8) is 0 Å². The van der Waals surface area contributed by atoms with E-state index in [1.165, 1.54) is 17.0 Å². The smallest absolute Gasteiger partial charge is 0.327 e. The lowest BCUT2D eigenvalue weighted by Gasteiger charge is -2.20. The standard InChI is InChI=1S/C25H28FN3O3/c26-22-7-5-18(6-8-22)19-3-4-20(21(11-19)12-27-23-9-10-32-16-23)14-28-15-24(30)29(25(28)31)13-17-1-2-17/h3-8,11,17,23,27H,1-2,9-10,12-16H2. The summed E-state index contributed by atoms with van der Waals surface area (Å²) in [6.07, 6.45) is 3.17. The Labute approximate surface area is 187 Å². The molecule has 32 heavy (non-hydrogen) atoms. The summed E-state index contributed by atoms with van der Waals surface area (Å²) < 4.78 is 18.8. The molecule has 3 amide bonds. The topological polar surface area (TPSA) is 61.9 Å². The fourth-order valence-corrected chi connectivity index (χ4v) is 4.38. The molecule has 1 unspecified atom stereocenters. The second-order valence-corrected chi connectivity index (χ2v) is 9.02. The Morgan fingerprint density at radius 1 is 1.00 bits per heavy atom. The molecule has 0 bridgehead atoms. The summed E-state index contributed by atoms with van der Waals surface area (Å²) in [5.74, 6) is 0.111. The van der Waals surface area contributed by atoms with Crippen LogP contribution in [-0.4, -0.2) is 54.1 Å². The lowest BCUT2D eigenvalue weighted by atomic mass is 9.98. The number of hydrogen-bond donors (Lipinski definition) is 1. The van der Waals surface area contributed by atoms with Crippen LogP contribution in [0, 0.1) is 11.7 Å². The van der Waals surface area contributed by atoms with Gasteiger partial charge < -0.3 is 15.0 Å². The van der Waals surface area contributed by atoms with Crippen molar-refractivity contribution in [1.82, 2.24) is 15.1 Å². The molecule has 2 saturated heterocycles. The van der Waals surface area contributed by atoms with Gasteiger partial charge in [0, 0.05) is 32.3 Å². The highest BCUT2D eigenvalue weighted by Crippen LogP contribution is 2.31. The third-order valence-electron chi connectivity index (χ3n) is 6.52. The maximum atomic E-state index is 13.4. The summed E-state index contributed by atoms with van der Waals surface area (Å²) in [5.41, 5.74) is 4.01. The molecule has 1 N–H and O–H groups in total. The molecule has 168 valence electrons. The number of hydrogen-bond acceptors (Lipinski definition) is 4.